The first-order valence-electron chi connectivity index (χ1n) is 6.03. The monoisotopic (exact) mass is 420 g/mol. The molecule has 0 fully saturated rings. The molecule has 0 radical (unpaired) electrons. The summed E-state index contributed by atoms with van der Waals surface area (Å²) in [7, 11) is 1.83. The molecule has 0 aliphatic heterocycles. The molecule has 20 heavy (non-hydrogen) atoms. The van der Waals surface area contributed by atoms with Crippen molar-refractivity contribution in [3.63, 3.8) is 0 Å². The maximum Gasteiger partial charge on any atom is 0.130 e. The Morgan fingerprint density at radius 1 is 1.45 bits per heavy atom. The van der Waals surface area contributed by atoms with Crippen molar-refractivity contribution < 1.29 is 0 Å². The van der Waals surface area contributed by atoms with E-state index in [4.69, 9.17) is 17.4 Å². The van der Waals surface area contributed by atoms with Crippen LogP contribution in [0.25, 0.3) is 0 Å². The molecule has 2 aromatic rings. The van der Waals surface area contributed by atoms with Crippen molar-refractivity contribution >= 4 is 43.5 Å². The van der Waals surface area contributed by atoms with Crippen molar-refractivity contribution in [3.8, 4) is 0 Å². The molecule has 0 amide bonds. The molecule has 0 aliphatic carbocycles. The van der Waals surface area contributed by atoms with Gasteiger partial charge in [-0.25, -0.2) is 0 Å². The number of nitrogens with two attached hydrogens (primary N) is 1. The van der Waals surface area contributed by atoms with Crippen LogP contribution in [0.1, 0.15) is 22.9 Å². The topological polar surface area (TPSA) is 55.9 Å². The minimum absolute atomic E-state index is 0.0436. The van der Waals surface area contributed by atoms with E-state index in [9.17, 15) is 0 Å². The number of benzene rings is 1. The van der Waals surface area contributed by atoms with Crippen LogP contribution in [0.3, 0.4) is 0 Å². The lowest BCUT2D eigenvalue weighted by atomic mass is 10.00. The Hall–Kier alpha value is -0.400. The summed E-state index contributed by atoms with van der Waals surface area (Å²) in [6.07, 6.45) is 0.676. The van der Waals surface area contributed by atoms with Crippen LogP contribution in [0.4, 0.5) is 0 Å². The molecule has 1 aromatic carbocycles. The third-order valence-electron chi connectivity index (χ3n) is 3.22. The second kappa shape index (κ2) is 6.58. The van der Waals surface area contributed by atoms with Gasteiger partial charge in [-0.2, -0.15) is 5.10 Å². The van der Waals surface area contributed by atoms with Crippen LogP contribution >= 0.6 is 43.5 Å². The zero-order valence-corrected chi connectivity index (χ0v) is 15.1. The van der Waals surface area contributed by atoms with Gasteiger partial charge in [0, 0.05) is 21.6 Å². The van der Waals surface area contributed by atoms with E-state index >= 15 is 0 Å². The summed E-state index contributed by atoms with van der Waals surface area (Å²) in [5.74, 6) is 5.71. The fourth-order valence-electron chi connectivity index (χ4n) is 2.15. The summed E-state index contributed by atoms with van der Waals surface area (Å²) < 4.78 is 3.68. The van der Waals surface area contributed by atoms with E-state index in [2.05, 4.69) is 42.4 Å². The molecule has 0 aliphatic rings. The maximum absolute atomic E-state index is 6.28. The number of hydrogen-bond acceptors (Lipinski definition) is 3. The van der Waals surface area contributed by atoms with Gasteiger partial charge in [-0.3, -0.25) is 16.0 Å². The third kappa shape index (κ3) is 3.26. The Balaban J connectivity index is 2.33. The van der Waals surface area contributed by atoms with Gasteiger partial charge in [0.2, 0.25) is 0 Å². The van der Waals surface area contributed by atoms with Crippen molar-refractivity contribution in [2.75, 3.05) is 0 Å². The SMILES string of the molecule is Cc1nn(C)c(Cl)c1CC(NN)c1ccc(Br)cc1Br. The van der Waals surface area contributed by atoms with Crippen LogP contribution in [0.5, 0.6) is 0 Å². The Kier molecular flexibility index (Phi) is 5.25. The molecule has 1 atom stereocenters. The highest BCUT2D eigenvalue weighted by atomic mass is 79.9. The van der Waals surface area contributed by atoms with Gasteiger partial charge < -0.3 is 0 Å². The molecular weight excluding hydrogens is 407 g/mol. The van der Waals surface area contributed by atoms with Gasteiger partial charge in [0.05, 0.1) is 11.7 Å². The Morgan fingerprint density at radius 3 is 2.65 bits per heavy atom. The fourth-order valence-corrected chi connectivity index (χ4v) is 3.73. The van der Waals surface area contributed by atoms with Crippen LogP contribution in [0.15, 0.2) is 27.1 Å². The predicted molar refractivity (Wildman–Crippen MR) is 88.6 cm³/mol. The summed E-state index contributed by atoms with van der Waals surface area (Å²) in [5, 5.41) is 4.97. The third-order valence-corrected chi connectivity index (χ3v) is 4.87. The van der Waals surface area contributed by atoms with E-state index in [-0.39, 0.29) is 6.04 Å². The molecule has 2 rings (SSSR count). The molecule has 108 valence electrons. The van der Waals surface area contributed by atoms with Crippen LogP contribution in [0.2, 0.25) is 5.15 Å². The van der Waals surface area contributed by atoms with Crippen molar-refractivity contribution in [1.29, 1.82) is 0 Å². The highest BCUT2D eigenvalue weighted by molar-refractivity contribution is 9.11. The van der Waals surface area contributed by atoms with Gasteiger partial charge in [0.15, 0.2) is 0 Å². The standard InChI is InChI=1S/C13H15Br2ClN4/c1-7-10(13(16)20(2)19-7)6-12(18-17)9-4-3-8(14)5-11(9)15/h3-5,12,18H,6,17H2,1-2H3. The molecule has 1 aromatic heterocycles. The van der Waals surface area contributed by atoms with Crippen molar-refractivity contribution in [1.82, 2.24) is 15.2 Å². The summed E-state index contributed by atoms with van der Waals surface area (Å²) in [6, 6.07) is 5.97. The molecule has 0 bridgehead atoms. The number of nitrogens with zero attached hydrogens (tertiary/aromatic N) is 2. The first-order chi connectivity index (χ1) is 9.43. The zero-order chi connectivity index (χ0) is 14.9. The molecular formula is C13H15Br2ClN4. The number of hydrogen-bond donors (Lipinski definition) is 2. The van der Waals surface area contributed by atoms with E-state index < -0.39 is 0 Å². The summed E-state index contributed by atoms with van der Waals surface area (Å²) in [4.78, 5) is 0. The van der Waals surface area contributed by atoms with Crippen LogP contribution < -0.4 is 11.3 Å². The lowest BCUT2D eigenvalue weighted by molar-refractivity contribution is 0.549. The Morgan fingerprint density at radius 2 is 2.15 bits per heavy atom. The second-order valence-electron chi connectivity index (χ2n) is 4.57. The molecule has 0 saturated heterocycles. The minimum Gasteiger partial charge on any atom is -0.271 e. The van der Waals surface area contributed by atoms with Gasteiger partial charge in [-0.05, 0) is 31.0 Å². The fraction of sp³-hybridized carbons (Fsp3) is 0.308. The largest absolute Gasteiger partial charge is 0.271 e. The molecule has 1 unspecified atom stereocenters. The predicted octanol–water partition coefficient (Wildman–Crippen LogP) is 3.65. The highest BCUT2D eigenvalue weighted by Crippen LogP contribution is 2.31. The molecule has 1 heterocycles. The first-order valence-corrected chi connectivity index (χ1v) is 7.99. The summed E-state index contributed by atoms with van der Waals surface area (Å²) in [6.45, 7) is 1.95. The molecule has 0 spiro atoms. The number of aromatic nitrogens is 2. The average molecular weight is 423 g/mol. The zero-order valence-electron chi connectivity index (χ0n) is 11.1. The number of rotatable bonds is 4. The molecule has 0 saturated carbocycles. The van der Waals surface area contributed by atoms with Crippen molar-refractivity contribution in [2.45, 2.75) is 19.4 Å². The smallest absolute Gasteiger partial charge is 0.130 e. The van der Waals surface area contributed by atoms with E-state index in [0.717, 1.165) is 25.8 Å². The molecule has 3 N–H and O–H groups in total. The van der Waals surface area contributed by atoms with E-state index in [1.54, 1.807) is 4.68 Å². The van der Waals surface area contributed by atoms with E-state index in [1.165, 1.54) is 0 Å². The molecule has 4 nitrogen and oxygen atoms in total. The van der Waals surface area contributed by atoms with Gasteiger partial charge in [0.25, 0.3) is 0 Å². The second-order valence-corrected chi connectivity index (χ2v) is 6.70. The number of nitrogens with one attached hydrogen (secondary N) is 1. The van der Waals surface area contributed by atoms with E-state index in [0.29, 0.717) is 11.6 Å². The van der Waals surface area contributed by atoms with Crippen LogP contribution in [0, 0.1) is 6.92 Å². The summed E-state index contributed by atoms with van der Waals surface area (Å²) in [5.41, 5.74) is 5.86. The maximum atomic E-state index is 6.28. The molecule has 7 heteroatoms. The van der Waals surface area contributed by atoms with Crippen LogP contribution in [-0.2, 0) is 13.5 Å². The Labute approximate surface area is 139 Å². The minimum atomic E-state index is -0.0436. The average Bonchev–Trinajstić information content (AvgIpc) is 2.62. The number of aryl methyl sites for hydroxylation is 2. The van der Waals surface area contributed by atoms with E-state index in [1.807, 2.05) is 32.2 Å². The van der Waals surface area contributed by atoms with Gasteiger partial charge in [-0.15, -0.1) is 0 Å². The van der Waals surface area contributed by atoms with Crippen molar-refractivity contribution in [2.24, 2.45) is 12.9 Å². The summed E-state index contributed by atoms with van der Waals surface area (Å²) >= 11 is 13.3. The quantitative estimate of drug-likeness (QED) is 0.584. The Bertz CT molecular complexity index is 627. The van der Waals surface area contributed by atoms with Crippen molar-refractivity contribution in [3.05, 3.63) is 49.1 Å². The van der Waals surface area contributed by atoms with Crippen LogP contribution in [-0.4, -0.2) is 9.78 Å². The van der Waals surface area contributed by atoms with Gasteiger partial charge in [0.1, 0.15) is 5.15 Å². The lowest BCUT2D eigenvalue weighted by Crippen LogP contribution is -2.30. The number of hydrazine groups is 1. The first kappa shape index (κ1) is 16.0. The number of halogens is 3. The lowest BCUT2D eigenvalue weighted by Gasteiger charge is -2.18. The highest BCUT2D eigenvalue weighted by Gasteiger charge is 2.19. The normalized spacial score (nSPS) is 12.7. The van der Waals surface area contributed by atoms with Gasteiger partial charge >= 0.3 is 0 Å². The van der Waals surface area contributed by atoms with Gasteiger partial charge in [-0.1, -0.05) is 49.5 Å².